The molecule has 182 valence electrons. The van der Waals surface area contributed by atoms with Crippen molar-refractivity contribution in [1.29, 1.82) is 0 Å². The first-order valence-corrected chi connectivity index (χ1v) is 11.2. The third-order valence-corrected chi connectivity index (χ3v) is 4.87. The van der Waals surface area contributed by atoms with Crippen molar-refractivity contribution in [1.82, 2.24) is 16.0 Å². The summed E-state index contributed by atoms with van der Waals surface area (Å²) < 4.78 is 11.0. The molecule has 7 nitrogen and oxygen atoms in total. The van der Waals surface area contributed by atoms with Crippen molar-refractivity contribution in [3.8, 4) is 11.5 Å². The highest BCUT2D eigenvalue weighted by Crippen LogP contribution is 2.28. The number of halogens is 1. The fourth-order valence-electron chi connectivity index (χ4n) is 3.21. The second-order valence-electron chi connectivity index (χ2n) is 7.33. The molecular formula is C25H37IN4O3. The summed E-state index contributed by atoms with van der Waals surface area (Å²) in [6.07, 6.45) is 2.79. The van der Waals surface area contributed by atoms with E-state index in [9.17, 15) is 4.79 Å². The first-order chi connectivity index (χ1) is 15.6. The van der Waals surface area contributed by atoms with Crippen LogP contribution in [0.15, 0.2) is 47.5 Å². The molecule has 2 rings (SSSR count). The monoisotopic (exact) mass is 568 g/mol. The molecular weight excluding hydrogens is 531 g/mol. The number of amides is 1. The molecule has 0 fully saturated rings. The maximum absolute atomic E-state index is 12.2. The van der Waals surface area contributed by atoms with E-state index in [1.807, 2.05) is 50.2 Å². The smallest absolute Gasteiger partial charge is 0.251 e. The van der Waals surface area contributed by atoms with Crippen LogP contribution in [0, 0.1) is 0 Å². The lowest BCUT2D eigenvalue weighted by atomic mass is 10.1. The Bertz CT molecular complexity index is 890. The lowest BCUT2D eigenvalue weighted by molar-refractivity contribution is 0.0953. The lowest BCUT2D eigenvalue weighted by Crippen LogP contribution is -2.37. The van der Waals surface area contributed by atoms with Gasteiger partial charge in [0.05, 0.1) is 13.7 Å². The summed E-state index contributed by atoms with van der Waals surface area (Å²) in [4.78, 5) is 16.4. The van der Waals surface area contributed by atoms with Crippen LogP contribution in [-0.4, -0.2) is 45.7 Å². The zero-order chi connectivity index (χ0) is 23.2. The van der Waals surface area contributed by atoms with Gasteiger partial charge in [-0.2, -0.15) is 0 Å². The van der Waals surface area contributed by atoms with Gasteiger partial charge < -0.3 is 25.4 Å². The van der Waals surface area contributed by atoms with Gasteiger partial charge in [0.2, 0.25) is 0 Å². The van der Waals surface area contributed by atoms with Crippen LogP contribution < -0.4 is 25.4 Å². The van der Waals surface area contributed by atoms with E-state index in [-0.39, 0.29) is 29.9 Å². The lowest BCUT2D eigenvalue weighted by Gasteiger charge is -2.13. The fourth-order valence-corrected chi connectivity index (χ4v) is 3.21. The number of rotatable bonds is 12. The van der Waals surface area contributed by atoms with Crippen LogP contribution in [0.1, 0.15) is 48.2 Å². The summed E-state index contributed by atoms with van der Waals surface area (Å²) in [7, 11) is 3.40. The van der Waals surface area contributed by atoms with E-state index in [0.29, 0.717) is 25.3 Å². The Balaban J connectivity index is 0.00000544. The van der Waals surface area contributed by atoms with Gasteiger partial charge >= 0.3 is 0 Å². The standard InChI is InChI=1S/C25H36N4O3.HI/c1-5-14-27-24(30)21-11-7-9-20(16-21)18-29-25(26-3)28-15-8-10-19-12-13-22(31-4)23(17-19)32-6-2;/h7,9,11-13,16-17H,5-6,8,10,14-15,18H2,1-4H3,(H,27,30)(H2,26,28,29);1H. The quantitative estimate of drug-likeness (QED) is 0.155. The number of methoxy groups -OCH3 is 1. The van der Waals surface area contributed by atoms with Gasteiger partial charge in [0.15, 0.2) is 17.5 Å². The van der Waals surface area contributed by atoms with Crippen LogP contribution >= 0.6 is 24.0 Å². The molecule has 0 spiro atoms. The Morgan fingerprint density at radius 3 is 2.48 bits per heavy atom. The number of carbonyl (C=O) groups is 1. The predicted molar refractivity (Wildman–Crippen MR) is 145 cm³/mol. The van der Waals surface area contributed by atoms with E-state index in [0.717, 1.165) is 48.8 Å². The summed E-state index contributed by atoms with van der Waals surface area (Å²) in [5.41, 5.74) is 2.91. The number of carbonyl (C=O) groups excluding carboxylic acids is 1. The van der Waals surface area contributed by atoms with E-state index in [1.54, 1.807) is 14.2 Å². The Hall–Kier alpha value is -2.49. The second-order valence-corrected chi connectivity index (χ2v) is 7.33. The minimum absolute atomic E-state index is 0. The van der Waals surface area contributed by atoms with E-state index in [4.69, 9.17) is 9.47 Å². The first-order valence-electron chi connectivity index (χ1n) is 11.2. The molecule has 0 saturated heterocycles. The number of aryl methyl sites for hydroxylation is 1. The van der Waals surface area contributed by atoms with Crippen molar-refractivity contribution in [3.63, 3.8) is 0 Å². The summed E-state index contributed by atoms with van der Waals surface area (Å²) in [5, 5.41) is 9.55. The zero-order valence-corrected chi connectivity index (χ0v) is 22.4. The Kier molecular flexibility index (Phi) is 14.0. The van der Waals surface area contributed by atoms with E-state index in [2.05, 4.69) is 27.0 Å². The van der Waals surface area contributed by atoms with Gasteiger partial charge in [-0.05, 0) is 61.6 Å². The third kappa shape index (κ3) is 9.89. The second kappa shape index (κ2) is 16.2. The molecule has 1 amide bonds. The zero-order valence-electron chi connectivity index (χ0n) is 20.1. The normalized spacial score (nSPS) is 10.7. The Labute approximate surface area is 214 Å². The molecule has 0 bridgehead atoms. The highest BCUT2D eigenvalue weighted by atomic mass is 127. The summed E-state index contributed by atoms with van der Waals surface area (Å²) in [5.74, 6) is 2.23. The van der Waals surface area contributed by atoms with Gasteiger partial charge in [0, 0.05) is 32.2 Å². The minimum atomic E-state index is -0.0396. The topological polar surface area (TPSA) is 84.0 Å². The van der Waals surface area contributed by atoms with Gasteiger partial charge in [-0.25, -0.2) is 0 Å². The maximum atomic E-state index is 12.2. The van der Waals surface area contributed by atoms with Gasteiger partial charge in [0.25, 0.3) is 5.91 Å². The van der Waals surface area contributed by atoms with Crippen LogP contribution in [0.5, 0.6) is 11.5 Å². The summed E-state index contributed by atoms with van der Waals surface area (Å²) in [6, 6.07) is 13.7. The van der Waals surface area contributed by atoms with Crippen LogP contribution in [-0.2, 0) is 13.0 Å². The predicted octanol–water partition coefficient (Wildman–Crippen LogP) is 4.15. The average molecular weight is 569 g/mol. The highest BCUT2D eigenvalue weighted by molar-refractivity contribution is 14.0. The summed E-state index contributed by atoms with van der Waals surface area (Å²) in [6.45, 7) is 6.66. The molecule has 2 aromatic carbocycles. The van der Waals surface area contributed by atoms with Crippen molar-refractivity contribution in [3.05, 3.63) is 59.2 Å². The van der Waals surface area contributed by atoms with Crippen LogP contribution in [0.2, 0.25) is 0 Å². The maximum Gasteiger partial charge on any atom is 0.251 e. The SMILES string of the molecule is CCCNC(=O)c1cccc(CNC(=NC)NCCCc2ccc(OC)c(OCC)c2)c1.I. The molecule has 0 atom stereocenters. The van der Waals surface area contributed by atoms with Crippen LogP contribution in [0.3, 0.4) is 0 Å². The molecule has 0 aromatic heterocycles. The third-order valence-electron chi connectivity index (χ3n) is 4.87. The Morgan fingerprint density at radius 2 is 1.79 bits per heavy atom. The number of hydrogen-bond acceptors (Lipinski definition) is 4. The van der Waals surface area contributed by atoms with Crippen molar-refractivity contribution in [2.24, 2.45) is 4.99 Å². The number of benzene rings is 2. The van der Waals surface area contributed by atoms with Crippen molar-refractivity contribution >= 4 is 35.8 Å². The number of nitrogens with zero attached hydrogens (tertiary/aromatic N) is 1. The largest absolute Gasteiger partial charge is 0.493 e. The minimum Gasteiger partial charge on any atom is -0.493 e. The molecule has 0 radical (unpaired) electrons. The molecule has 0 unspecified atom stereocenters. The fraction of sp³-hybridized carbons (Fsp3) is 0.440. The molecule has 8 heteroatoms. The van der Waals surface area contributed by atoms with Gasteiger partial charge in [-0.3, -0.25) is 9.79 Å². The number of guanidine groups is 1. The van der Waals surface area contributed by atoms with Crippen LogP contribution in [0.4, 0.5) is 0 Å². The molecule has 2 aromatic rings. The number of nitrogens with one attached hydrogen (secondary N) is 3. The Morgan fingerprint density at radius 1 is 0.970 bits per heavy atom. The van der Waals surface area contributed by atoms with Gasteiger partial charge in [0.1, 0.15) is 0 Å². The van der Waals surface area contributed by atoms with E-state index in [1.165, 1.54) is 5.56 Å². The van der Waals surface area contributed by atoms with Crippen molar-refractivity contribution in [2.45, 2.75) is 39.7 Å². The van der Waals surface area contributed by atoms with Crippen molar-refractivity contribution in [2.75, 3.05) is 33.9 Å². The molecule has 0 aliphatic carbocycles. The molecule has 0 aliphatic rings. The first kappa shape index (κ1) is 28.5. The summed E-state index contributed by atoms with van der Waals surface area (Å²) >= 11 is 0. The average Bonchev–Trinajstić information content (AvgIpc) is 2.82. The molecule has 0 saturated carbocycles. The number of aliphatic imine (C=N–C) groups is 1. The number of ether oxygens (including phenoxy) is 2. The van der Waals surface area contributed by atoms with Crippen LogP contribution in [0.25, 0.3) is 0 Å². The van der Waals surface area contributed by atoms with E-state index >= 15 is 0 Å². The molecule has 33 heavy (non-hydrogen) atoms. The van der Waals surface area contributed by atoms with Gasteiger partial charge in [-0.1, -0.05) is 25.1 Å². The van der Waals surface area contributed by atoms with Gasteiger partial charge in [-0.15, -0.1) is 24.0 Å². The molecule has 0 heterocycles. The highest BCUT2D eigenvalue weighted by Gasteiger charge is 2.07. The molecule has 3 N–H and O–H groups in total. The van der Waals surface area contributed by atoms with Crippen molar-refractivity contribution < 1.29 is 14.3 Å². The number of hydrogen-bond donors (Lipinski definition) is 3. The molecule has 0 aliphatic heterocycles. The van der Waals surface area contributed by atoms with E-state index < -0.39 is 0 Å².